The van der Waals surface area contributed by atoms with Crippen molar-refractivity contribution in [2.75, 3.05) is 18.4 Å². The summed E-state index contributed by atoms with van der Waals surface area (Å²) in [5.41, 5.74) is 0.154. The Morgan fingerprint density at radius 1 is 1.39 bits per heavy atom. The van der Waals surface area contributed by atoms with Crippen molar-refractivity contribution in [2.24, 2.45) is 5.92 Å². The Balaban J connectivity index is 2.10. The second-order valence-electron chi connectivity index (χ2n) is 4.51. The standard InChI is InChI=1S/C13H14Br2FNO/c14-8-9-3-5-17(6-4-9)13(18)11-7-10(15)1-2-12(11)16/h1-2,7,9H,3-6,8H2. The van der Waals surface area contributed by atoms with Gasteiger partial charge in [0.05, 0.1) is 5.56 Å². The quantitative estimate of drug-likeness (QED) is 0.716. The fourth-order valence-electron chi connectivity index (χ4n) is 2.12. The van der Waals surface area contributed by atoms with E-state index in [0.717, 1.165) is 22.6 Å². The first-order valence-electron chi connectivity index (χ1n) is 5.92. The molecule has 0 aliphatic carbocycles. The van der Waals surface area contributed by atoms with E-state index in [2.05, 4.69) is 31.9 Å². The van der Waals surface area contributed by atoms with E-state index < -0.39 is 5.82 Å². The number of alkyl halides is 1. The lowest BCUT2D eigenvalue weighted by atomic mass is 9.98. The molecule has 1 aliphatic heterocycles. The molecule has 1 saturated heterocycles. The number of nitrogens with zero attached hydrogens (tertiary/aromatic N) is 1. The van der Waals surface area contributed by atoms with Gasteiger partial charge >= 0.3 is 0 Å². The maximum Gasteiger partial charge on any atom is 0.256 e. The summed E-state index contributed by atoms with van der Waals surface area (Å²) in [7, 11) is 0. The van der Waals surface area contributed by atoms with Gasteiger partial charge < -0.3 is 4.90 Å². The van der Waals surface area contributed by atoms with Crippen LogP contribution in [0.3, 0.4) is 0 Å². The van der Waals surface area contributed by atoms with Crippen LogP contribution in [0, 0.1) is 11.7 Å². The molecule has 0 spiro atoms. The van der Waals surface area contributed by atoms with Crippen LogP contribution < -0.4 is 0 Å². The van der Waals surface area contributed by atoms with Crippen molar-refractivity contribution < 1.29 is 9.18 Å². The molecule has 18 heavy (non-hydrogen) atoms. The van der Waals surface area contributed by atoms with Crippen molar-refractivity contribution in [3.63, 3.8) is 0 Å². The number of likely N-dealkylation sites (tertiary alicyclic amines) is 1. The highest BCUT2D eigenvalue weighted by atomic mass is 79.9. The summed E-state index contributed by atoms with van der Waals surface area (Å²) in [5.74, 6) is -0.0333. The van der Waals surface area contributed by atoms with Gasteiger partial charge in [-0.3, -0.25) is 4.79 Å². The highest BCUT2D eigenvalue weighted by Gasteiger charge is 2.24. The third-order valence-electron chi connectivity index (χ3n) is 3.28. The molecular formula is C13H14Br2FNO. The SMILES string of the molecule is O=C(c1cc(Br)ccc1F)N1CCC(CBr)CC1. The Bertz CT molecular complexity index is 445. The van der Waals surface area contributed by atoms with Crippen LogP contribution in [-0.2, 0) is 0 Å². The van der Waals surface area contributed by atoms with Crippen LogP contribution in [0.5, 0.6) is 0 Å². The Morgan fingerprint density at radius 2 is 2.06 bits per heavy atom. The van der Waals surface area contributed by atoms with E-state index in [1.54, 1.807) is 17.0 Å². The minimum absolute atomic E-state index is 0.154. The fraction of sp³-hybridized carbons (Fsp3) is 0.462. The zero-order valence-electron chi connectivity index (χ0n) is 9.83. The van der Waals surface area contributed by atoms with Gasteiger partial charge in [0.2, 0.25) is 0 Å². The molecule has 98 valence electrons. The Labute approximate surface area is 123 Å². The summed E-state index contributed by atoms with van der Waals surface area (Å²) >= 11 is 6.73. The number of rotatable bonds is 2. The molecule has 1 amide bonds. The Hall–Kier alpha value is -0.420. The lowest BCUT2D eigenvalue weighted by molar-refractivity contribution is 0.0694. The molecule has 0 aromatic heterocycles. The van der Waals surface area contributed by atoms with Gasteiger partial charge in [0.25, 0.3) is 5.91 Å². The summed E-state index contributed by atoms with van der Waals surface area (Å²) in [5, 5.41) is 0.972. The number of carbonyl (C=O) groups excluding carboxylic acids is 1. The lowest BCUT2D eigenvalue weighted by Gasteiger charge is -2.31. The summed E-state index contributed by atoms with van der Waals surface area (Å²) < 4.78 is 14.4. The zero-order chi connectivity index (χ0) is 13.1. The summed E-state index contributed by atoms with van der Waals surface area (Å²) in [6, 6.07) is 4.47. The van der Waals surface area contributed by atoms with Crippen LogP contribution in [0.15, 0.2) is 22.7 Å². The third-order valence-corrected chi connectivity index (χ3v) is 4.69. The Morgan fingerprint density at radius 3 is 2.67 bits per heavy atom. The highest BCUT2D eigenvalue weighted by Crippen LogP contribution is 2.22. The monoisotopic (exact) mass is 377 g/mol. The summed E-state index contributed by atoms with van der Waals surface area (Å²) in [6.07, 6.45) is 1.96. The van der Waals surface area contributed by atoms with E-state index in [-0.39, 0.29) is 11.5 Å². The van der Waals surface area contributed by atoms with Gasteiger partial charge in [-0.05, 0) is 37.0 Å². The summed E-state index contributed by atoms with van der Waals surface area (Å²) in [6.45, 7) is 1.42. The van der Waals surface area contributed by atoms with Crippen LogP contribution in [0.25, 0.3) is 0 Å². The number of amides is 1. The minimum atomic E-state index is -0.453. The van der Waals surface area contributed by atoms with Crippen molar-refractivity contribution in [2.45, 2.75) is 12.8 Å². The topological polar surface area (TPSA) is 20.3 Å². The molecule has 1 fully saturated rings. The van der Waals surface area contributed by atoms with Crippen LogP contribution in [0.4, 0.5) is 4.39 Å². The molecular weight excluding hydrogens is 365 g/mol. The third kappa shape index (κ3) is 3.12. The van der Waals surface area contributed by atoms with Gasteiger partial charge in [0, 0.05) is 22.9 Å². The number of benzene rings is 1. The van der Waals surface area contributed by atoms with Gasteiger partial charge in [-0.15, -0.1) is 0 Å². The molecule has 0 saturated carbocycles. The molecule has 1 heterocycles. The molecule has 0 radical (unpaired) electrons. The first kappa shape index (κ1) is 14.0. The van der Waals surface area contributed by atoms with Gasteiger partial charge in [-0.25, -0.2) is 4.39 Å². The second-order valence-corrected chi connectivity index (χ2v) is 6.08. The normalized spacial score (nSPS) is 16.9. The molecule has 1 aromatic rings. The van der Waals surface area contributed by atoms with Crippen LogP contribution in [0.2, 0.25) is 0 Å². The average Bonchev–Trinajstić information content (AvgIpc) is 2.41. The van der Waals surface area contributed by atoms with E-state index in [1.165, 1.54) is 6.07 Å². The first-order valence-corrected chi connectivity index (χ1v) is 7.83. The Kier molecular flexibility index (Phi) is 4.78. The molecule has 0 N–H and O–H groups in total. The number of hydrogen-bond acceptors (Lipinski definition) is 1. The van der Waals surface area contributed by atoms with Crippen molar-refractivity contribution in [1.29, 1.82) is 0 Å². The molecule has 0 atom stereocenters. The van der Waals surface area contributed by atoms with Gasteiger partial charge in [0.1, 0.15) is 5.82 Å². The van der Waals surface area contributed by atoms with Crippen molar-refractivity contribution in [3.05, 3.63) is 34.1 Å². The molecule has 0 unspecified atom stereocenters. The van der Waals surface area contributed by atoms with Gasteiger partial charge in [0.15, 0.2) is 0 Å². The van der Waals surface area contributed by atoms with Gasteiger partial charge in [-0.1, -0.05) is 31.9 Å². The van der Waals surface area contributed by atoms with Crippen molar-refractivity contribution in [1.82, 2.24) is 4.90 Å². The molecule has 1 aliphatic rings. The summed E-state index contributed by atoms with van der Waals surface area (Å²) in [4.78, 5) is 14.0. The average molecular weight is 379 g/mol. The van der Waals surface area contributed by atoms with Gasteiger partial charge in [-0.2, -0.15) is 0 Å². The number of halogens is 3. The molecule has 2 nitrogen and oxygen atoms in total. The van der Waals surface area contributed by atoms with E-state index >= 15 is 0 Å². The van der Waals surface area contributed by atoms with Crippen LogP contribution in [0.1, 0.15) is 23.2 Å². The predicted octanol–water partition coefficient (Wildman–Crippen LogP) is 3.84. The maximum atomic E-state index is 13.6. The predicted molar refractivity (Wildman–Crippen MR) is 76.5 cm³/mol. The van der Waals surface area contributed by atoms with E-state index in [4.69, 9.17) is 0 Å². The highest BCUT2D eigenvalue weighted by molar-refractivity contribution is 9.10. The second kappa shape index (κ2) is 6.15. The fourth-order valence-corrected chi connectivity index (χ4v) is 3.13. The van der Waals surface area contributed by atoms with E-state index in [9.17, 15) is 9.18 Å². The number of piperidine rings is 1. The van der Waals surface area contributed by atoms with Crippen molar-refractivity contribution >= 4 is 37.8 Å². The zero-order valence-corrected chi connectivity index (χ0v) is 13.0. The molecule has 1 aromatic carbocycles. The maximum absolute atomic E-state index is 13.6. The van der Waals surface area contributed by atoms with Crippen molar-refractivity contribution in [3.8, 4) is 0 Å². The molecule has 2 rings (SSSR count). The smallest absolute Gasteiger partial charge is 0.256 e. The molecule has 0 bridgehead atoms. The van der Waals surface area contributed by atoms with Crippen LogP contribution >= 0.6 is 31.9 Å². The van der Waals surface area contributed by atoms with Crippen LogP contribution in [-0.4, -0.2) is 29.2 Å². The minimum Gasteiger partial charge on any atom is -0.339 e. The molecule has 5 heteroatoms. The number of carbonyl (C=O) groups is 1. The lowest BCUT2D eigenvalue weighted by Crippen LogP contribution is -2.39. The van der Waals surface area contributed by atoms with E-state index in [0.29, 0.717) is 19.0 Å². The van der Waals surface area contributed by atoms with E-state index in [1.807, 2.05) is 0 Å². The largest absolute Gasteiger partial charge is 0.339 e. The first-order chi connectivity index (χ1) is 8.61. The number of hydrogen-bond donors (Lipinski definition) is 0.